The maximum atomic E-state index is 15.1. The van der Waals surface area contributed by atoms with Crippen LogP contribution in [0.1, 0.15) is 48.9 Å². The van der Waals surface area contributed by atoms with Gasteiger partial charge in [-0.25, -0.2) is 14.4 Å². The molecule has 0 aliphatic carbocycles. The number of para-hydroxylation sites is 1. The Hall–Kier alpha value is -4.04. The summed E-state index contributed by atoms with van der Waals surface area (Å²) >= 11 is 0. The first-order valence-corrected chi connectivity index (χ1v) is 14.3. The number of aromatic nitrogens is 1. The molecule has 1 aromatic heterocycles. The normalized spacial score (nSPS) is 21.7. The Morgan fingerprint density at radius 2 is 1.88 bits per heavy atom. The quantitative estimate of drug-likeness (QED) is 0.296. The van der Waals surface area contributed by atoms with Gasteiger partial charge in [0.15, 0.2) is 12.5 Å². The van der Waals surface area contributed by atoms with Crippen molar-refractivity contribution in [2.75, 3.05) is 24.5 Å². The minimum atomic E-state index is -0.365. The minimum absolute atomic E-state index is 0.0132. The lowest BCUT2D eigenvalue weighted by molar-refractivity contribution is -0.128. The smallest absolute Gasteiger partial charge is 0.246 e. The molecule has 2 aromatic carbocycles. The molecule has 41 heavy (non-hydrogen) atoms. The first-order valence-electron chi connectivity index (χ1n) is 14.3. The molecule has 3 aliphatic rings. The number of ether oxygens (including phenoxy) is 1. The van der Waals surface area contributed by atoms with Gasteiger partial charge in [-0.1, -0.05) is 50.8 Å². The predicted octanol–water partition coefficient (Wildman–Crippen LogP) is 5.93. The van der Waals surface area contributed by atoms with Crippen molar-refractivity contribution >= 4 is 23.2 Å². The highest BCUT2D eigenvalue weighted by Crippen LogP contribution is 2.47. The zero-order chi connectivity index (χ0) is 29.0. The molecule has 4 heterocycles. The Labute approximate surface area is 241 Å². The van der Waals surface area contributed by atoms with E-state index >= 15 is 4.39 Å². The molecule has 6 rings (SSSR count). The first-order chi connectivity index (χ1) is 19.7. The fraction of sp³-hybridized carbons (Fsp3) is 0.364. The van der Waals surface area contributed by atoms with Crippen LogP contribution in [0, 0.1) is 19.7 Å². The molecular formula is C33H36FN5O2. The number of carbonyl (C=O) groups is 1. The van der Waals surface area contributed by atoms with E-state index in [4.69, 9.17) is 14.7 Å². The number of carbonyl (C=O) groups excluding carboxylic acids is 1. The number of fused-ring (bicyclic) bond motifs is 2. The van der Waals surface area contributed by atoms with Crippen molar-refractivity contribution in [3.05, 3.63) is 89.3 Å². The zero-order valence-corrected chi connectivity index (χ0v) is 24.3. The molecule has 8 heteroatoms. The Bertz CT molecular complexity index is 1570. The van der Waals surface area contributed by atoms with Crippen LogP contribution in [0.4, 0.5) is 15.9 Å². The van der Waals surface area contributed by atoms with Crippen molar-refractivity contribution in [1.82, 2.24) is 14.8 Å². The van der Waals surface area contributed by atoms with Gasteiger partial charge in [0.05, 0.1) is 16.9 Å². The van der Waals surface area contributed by atoms with E-state index < -0.39 is 0 Å². The van der Waals surface area contributed by atoms with Crippen LogP contribution < -0.4 is 4.90 Å². The van der Waals surface area contributed by atoms with E-state index in [9.17, 15) is 4.79 Å². The molecule has 2 unspecified atom stereocenters. The number of anilines is 2. The van der Waals surface area contributed by atoms with Gasteiger partial charge in [-0.3, -0.25) is 9.69 Å². The Morgan fingerprint density at radius 3 is 2.59 bits per heavy atom. The number of rotatable bonds is 4. The number of aryl methyl sites for hydroxylation is 2. The van der Waals surface area contributed by atoms with E-state index in [2.05, 4.69) is 68.3 Å². The molecule has 3 atom stereocenters. The van der Waals surface area contributed by atoms with Crippen LogP contribution >= 0.6 is 0 Å². The molecule has 0 bridgehead atoms. The van der Waals surface area contributed by atoms with Crippen LogP contribution in [0.25, 0.3) is 11.3 Å². The Kier molecular flexibility index (Phi) is 6.90. The largest absolute Gasteiger partial charge is 0.350 e. The first kappa shape index (κ1) is 27.1. The highest BCUT2D eigenvalue weighted by molar-refractivity contribution is 6.05. The number of hydrogen-bond acceptors (Lipinski definition) is 6. The van der Waals surface area contributed by atoms with Crippen LogP contribution in [-0.2, 0) is 9.53 Å². The Morgan fingerprint density at radius 1 is 1.10 bits per heavy atom. The molecule has 3 aliphatic heterocycles. The monoisotopic (exact) mass is 553 g/mol. The van der Waals surface area contributed by atoms with Crippen LogP contribution in [0.5, 0.6) is 0 Å². The van der Waals surface area contributed by atoms with Crippen LogP contribution in [-0.4, -0.2) is 64.7 Å². The van der Waals surface area contributed by atoms with E-state index in [-0.39, 0.29) is 36.1 Å². The van der Waals surface area contributed by atoms with Gasteiger partial charge in [0.25, 0.3) is 0 Å². The molecule has 1 amide bonds. The number of epoxide rings is 1. The number of aliphatic imine (C=N–C) groups is 1. The summed E-state index contributed by atoms with van der Waals surface area (Å²) in [5.41, 5.74) is 6.15. The third-order valence-corrected chi connectivity index (χ3v) is 8.26. The van der Waals surface area contributed by atoms with Gasteiger partial charge < -0.3 is 14.5 Å². The van der Waals surface area contributed by atoms with Crippen molar-refractivity contribution in [2.24, 2.45) is 4.99 Å². The maximum Gasteiger partial charge on any atom is 0.246 e. The van der Waals surface area contributed by atoms with E-state index in [1.54, 1.807) is 12.1 Å². The fourth-order valence-corrected chi connectivity index (χ4v) is 6.11. The lowest BCUT2D eigenvalue weighted by Crippen LogP contribution is -2.55. The number of amides is 1. The van der Waals surface area contributed by atoms with Crippen molar-refractivity contribution in [3.8, 4) is 11.3 Å². The molecule has 2 fully saturated rings. The molecule has 0 N–H and O–H groups in total. The average molecular weight is 554 g/mol. The third-order valence-electron chi connectivity index (χ3n) is 8.26. The van der Waals surface area contributed by atoms with Gasteiger partial charge in [0.1, 0.15) is 17.5 Å². The zero-order valence-electron chi connectivity index (χ0n) is 24.3. The fourth-order valence-electron chi connectivity index (χ4n) is 6.11. The van der Waals surface area contributed by atoms with E-state index in [1.807, 2.05) is 17.9 Å². The second kappa shape index (κ2) is 10.4. The van der Waals surface area contributed by atoms with Crippen molar-refractivity contribution in [1.29, 1.82) is 0 Å². The SMILES string of the molecule is C=CC(=O)N1CCN(C2=NC3OC3N(c3c(C)cccc3C(C)C)c3nc(-c4ccccc4F)c(C)cc32)[C@@H](C)C1. The molecule has 7 nitrogen and oxygen atoms in total. The van der Waals surface area contributed by atoms with E-state index in [1.165, 1.54) is 17.7 Å². The Balaban J connectivity index is 1.55. The van der Waals surface area contributed by atoms with Gasteiger partial charge in [-0.2, -0.15) is 0 Å². The van der Waals surface area contributed by atoms with Crippen molar-refractivity contribution in [3.63, 3.8) is 0 Å². The molecule has 2 saturated heterocycles. The number of nitrogens with zero attached hydrogens (tertiary/aromatic N) is 5. The summed E-state index contributed by atoms with van der Waals surface area (Å²) in [5, 5.41) is 0. The average Bonchev–Trinajstić information content (AvgIpc) is 3.73. The number of piperazine rings is 1. The van der Waals surface area contributed by atoms with Crippen LogP contribution in [0.2, 0.25) is 0 Å². The number of hydrogen-bond donors (Lipinski definition) is 0. The lowest BCUT2D eigenvalue weighted by Gasteiger charge is -2.41. The standard InChI is InChI=1S/C33H36FN5O2/c1-7-27(40)37-15-16-38(22(6)18-37)30-25-17-21(5)28(24-12-8-9-14-26(24)34)35-31(25)39(33-32(36-30)41-33)29-20(4)11-10-13-23(29)19(2)3/h7-14,17,19,22,32-33H,1,15-16,18H2,2-6H3/t22-,32?,33?/m0/s1. The second-order valence-electron chi connectivity index (χ2n) is 11.4. The van der Waals surface area contributed by atoms with Crippen molar-refractivity contribution in [2.45, 2.75) is 59.0 Å². The summed E-state index contributed by atoms with van der Waals surface area (Å²) < 4.78 is 21.3. The minimum Gasteiger partial charge on any atom is -0.350 e. The van der Waals surface area contributed by atoms with Gasteiger partial charge >= 0.3 is 0 Å². The lowest BCUT2D eigenvalue weighted by atomic mass is 9.96. The molecule has 0 saturated carbocycles. The predicted molar refractivity (Wildman–Crippen MR) is 160 cm³/mol. The molecule has 0 spiro atoms. The number of halogens is 1. The van der Waals surface area contributed by atoms with Crippen molar-refractivity contribution < 1.29 is 13.9 Å². The summed E-state index contributed by atoms with van der Waals surface area (Å²) in [7, 11) is 0. The van der Waals surface area contributed by atoms with Gasteiger partial charge in [-0.15, -0.1) is 0 Å². The summed E-state index contributed by atoms with van der Waals surface area (Å²) in [6.45, 7) is 15.9. The highest BCUT2D eigenvalue weighted by Gasteiger charge is 2.50. The maximum absolute atomic E-state index is 15.1. The van der Waals surface area contributed by atoms with Crippen LogP contribution in [0.3, 0.4) is 0 Å². The second-order valence-corrected chi connectivity index (χ2v) is 11.4. The van der Waals surface area contributed by atoms with Gasteiger partial charge in [0.2, 0.25) is 5.91 Å². The van der Waals surface area contributed by atoms with Crippen LogP contribution in [0.15, 0.2) is 66.2 Å². The number of amidine groups is 1. The summed E-state index contributed by atoms with van der Waals surface area (Å²) in [6, 6.07) is 15.2. The molecule has 212 valence electrons. The summed E-state index contributed by atoms with van der Waals surface area (Å²) in [5.74, 6) is 1.38. The van der Waals surface area contributed by atoms with Gasteiger partial charge in [-0.05, 0) is 67.7 Å². The number of benzene rings is 2. The topological polar surface area (TPSA) is 64.6 Å². The third kappa shape index (κ3) is 4.70. The number of pyridine rings is 1. The van der Waals surface area contributed by atoms with E-state index in [0.29, 0.717) is 36.7 Å². The molecule has 3 aromatic rings. The van der Waals surface area contributed by atoms with Gasteiger partial charge in [0, 0.05) is 31.2 Å². The molecule has 0 radical (unpaired) electrons. The van der Waals surface area contributed by atoms with E-state index in [0.717, 1.165) is 28.2 Å². The summed E-state index contributed by atoms with van der Waals surface area (Å²) in [6.07, 6.45) is 0.677. The highest BCUT2D eigenvalue weighted by atomic mass is 19.1. The molecular weight excluding hydrogens is 517 g/mol. The summed E-state index contributed by atoms with van der Waals surface area (Å²) in [4.78, 5) is 29.0.